The van der Waals surface area contributed by atoms with E-state index in [2.05, 4.69) is 70.5 Å². The first kappa shape index (κ1) is 20.6. The van der Waals surface area contributed by atoms with Crippen molar-refractivity contribution < 1.29 is 0 Å². The molecule has 0 spiro atoms. The number of piperidine rings is 1. The molecule has 1 saturated heterocycles. The fraction of sp³-hybridized carbons (Fsp3) is 0.667. The normalized spacial score (nSPS) is 16.5. The van der Waals surface area contributed by atoms with Gasteiger partial charge in [0, 0.05) is 51.5 Å². The molecule has 1 aromatic rings. The van der Waals surface area contributed by atoms with E-state index >= 15 is 0 Å². The van der Waals surface area contributed by atoms with Gasteiger partial charge in [0.15, 0.2) is 5.96 Å². The Morgan fingerprint density at radius 2 is 1.96 bits per heavy atom. The van der Waals surface area contributed by atoms with E-state index in [0.29, 0.717) is 6.04 Å². The molecule has 5 nitrogen and oxygen atoms in total. The number of guanidine groups is 1. The van der Waals surface area contributed by atoms with Crippen molar-refractivity contribution >= 4 is 11.6 Å². The highest BCUT2D eigenvalue weighted by Gasteiger charge is 2.19. The molecule has 0 unspecified atom stereocenters. The van der Waals surface area contributed by atoms with Crippen molar-refractivity contribution in [3.63, 3.8) is 0 Å². The summed E-state index contributed by atoms with van der Waals surface area (Å²) in [6.07, 6.45) is 3.64. The van der Waals surface area contributed by atoms with Crippen LogP contribution in [0.2, 0.25) is 0 Å². The van der Waals surface area contributed by atoms with Gasteiger partial charge in [0.05, 0.1) is 0 Å². The summed E-state index contributed by atoms with van der Waals surface area (Å²) in [4.78, 5) is 9.39. The minimum Gasteiger partial charge on any atom is -0.370 e. The number of para-hydroxylation sites is 1. The molecular weight excluding hydrogens is 322 g/mol. The second-order valence-electron chi connectivity index (χ2n) is 7.13. The maximum Gasteiger partial charge on any atom is 0.191 e. The van der Waals surface area contributed by atoms with E-state index in [1.54, 1.807) is 0 Å². The first-order chi connectivity index (χ1) is 12.7. The molecule has 26 heavy (non-hydrogen) atoms. The molecule has 0 radical (unpaired) electrons. The second kappa shape index (κ2) is 11.1. The zero-order valence-corrected chi connectivity index (χ0v) is 17.1. The lowest BCUT2D eigenvalue weighted by Gasteiger charge is -2.33. The summed E-state index contributed by atoms with van der Waals surface area (Å²) in [6.45, 7) is 13.1. The van der Waals surface area contributed by atoms with Crippen LogP contribution in [0, 0.1) is 6.92 Å². The molecule has 1 heterocycles. The molecule has 146 valence electrons. The van der Waals surface area contributed by atoms with Gasteiger partial charge in [0.1, 0.15) is 0 Å². The number of hydrogen-bond acceptors (Lipinski definition) is 3. The Labute approximate surface area is 159 Å². The van der Waals surface area contributed by atoms with Crippen molar-refractivity contribution in [3.05, 3.63) is 29.8 Å². The number of benzene rings is 1. The number of likely N-dealkylation sites (N-methyl/N-ethyl adjacent to an activating group) is 1. The van der Waals surface area contributed by atoms with E-state index in [9.17, 15) is 0 Å². The van der Waals surface area contributed by atoms with E-state index in [0.717, 1.165) is 25.6 Å². The van der Waals surface area contributed by atoms with E-state index in [1.807, 2.05) is 7.05 Å². The van der Waals surface area contributed by atoms with Gasteiger partial charge in [-0.15, -0.1) is 0 Å². The van der Waals surface area contributed by atoms with Crippen molar-refractivity contribution in [2.75, 3.05) is 51.2 Å². The van der Waals surface area contributed by atoms with E-state index in [1.165, 1.54) is 50.1 Å². The van der Waals surface area contributed by atoms with Crippen molar-refractivity contribution in [1.29, 1.82) is 0 Å². The van der Waals surface area contributed by atoms with Crippen molar-refractivity contribution in [2.24, 2.45) is 4.99 Å². The van der Waals surface area contributed by atoms with Gasteiger partial charge < -0.3 is 20.4 Å². The van der Waals surface area contributed by atoms with Crippen molar-refractivity contribution in [3.8, 4) is 0 Å². The van der Waals surface area contributed by atoms with E-state index in [4.69, 9.17) is 0 Å². The molecule has 0 aromatic heterocycles. The van der Waals surface area contributed by atoms with Crippen molar-refractivity contribution in [2.45, 2.75) is 46.1 Å². The van der Waals surface area contributed by atoms with Gasteiger partial charge in [-0.3, -0.25) is 4.99 Å². The van der Waals surface area contributed by atoms with E-state index < -0.39 is 0 Å². The maximum absolute atomic E-state index is 4.41. The molecule has 0 bridgehead atoms. The second-order valence-corrected chi connectivity index (χ2v) is 7.13. The molecule has 1 aliphatic heterocycles. The molecule has 1 fully saturated rings. The third-order valence-corrected chi connectivity index (χ3v) is 5.20. The van der Waals surface area contributed by atoms with Gasteiger partial charge in [0.2, 0.25) is 0 Å². The molecule has 1 aromatic carbocycles. The van der Waals surface area contributed by atoms with Crippen LogP contribution in [0.5, 0.6) is 0 Å². The van der Waals surface area contributed by atoms with Gasteiger partial charge in [-0.25, -0.2) is 0 Å². The standard InChI is InChI=1S/C21H37N5/c1-5-14-25-15-11-19(12-16-25)24-21(22-4)23-13-17-26(6-2)20-10-8-7-9-18(20)3/h7-10,19H,5-6,11-17H2,1-4H3,(H2,22,23,24). The summed E-state index contributed by atoms with van der Waals surface area (Å²) < 4.78 is 0. The van der Waals surface area contributed by atoms with Crippen molar-refractivity contribution in [1.82, 2.24) is 15.5 Å². The van der Waals surface area contributed by atoms with Crippen LogP contribution in [0.1, 0.15) is 38.7 Å². The predicted molar refractivity (Wildman–Crippen MR) is 113 cm³/mol. The summed E-state index contributed by atoms with van der Waals surface area (Å²) in [5.74, 6) is 0.930. The minimum atomic E-state index is 0.535. The molecule has 0 saturated carbocycles. The number of aliphatic imine (C=N–C) groups is 1. The molecule has 2 N–H and O–H groups in total. The quantitative estimate of drug-likeness (QED) is 0.553. The van der Waals surface area contributed by atoms with E-state index in [-0.39, 0.29) is 0 Å². The summed E-state index contributed by atoms with van der Waals surface area (Å²) >= 11 is 0. The largest absolute Gasteiger partial charge is 0.370 e. The SMILES string of the molecule is CCCN1CCC(NC(=NC)NCCN(CC)c2ccccc2C)CC1. The highest BCUT2D eigenvalue weighted by molar-refractivity contribution is 5.80. The Morgan fingerprint density at radius 3 is 2.58 bits per heavy atom. The van der Waals surface area contributed by atoms with Gasteiger partial charge in [-0.2, -0.15) is 0 Å². The molecular formula is C21H37N5. The van der Waals surface area contributed by atoms with Gasteiger partial charge in [-0.05, 0) is 51.3 Å². The van der Waals surface area contributed by atoms with Gasteiger partial charge >= 0.3 is 0 Å². The topological polar surface area (TPSA) is 42.9 Å². The smallest absolute Gasteiger partial charge is 0.191 e. The van der Waals surface area contributed by atoms with Crippen LogP contribution in [-0.2, 0) is 0 Å². The predicted octanol–water partition coefficient (Wildman–Crippen LogP) is 2.86. The fourth-order valence-electron chi connectivity index (χ4n) is 3.68. The molecule has 5 heteroatoms. The number of hydrogen-bond donors (Lipinski definition) is 2. The molecule has 0 amide bonds. The van der Waals surface area contributed by atoms with Crippen LogP contribution in [0.4, 0.5) is 5.69 Å². The van der Waals surface area contributed by atoms with Gasteiger partial charge in [0.25, 0.3) is 0 Å². The lowest BCUT2D eigenvalue weighted by atomic mass is 10.1. The van der Waals surface area contributed by atoms with Crippen LogP contribution < -0.4 is 15.5 Å². The maximum atomic E-state index is 4.41. The Kier molecular flexibility index (Phi) is 8.75. The molecule has 0 atom stereocenters. The highest BCUT2D eigenvalue weighted by Crippen LogP contribution is 2.18. The molecule has 0 aliphatic carbocycles. The van der Waals surface area contributed by atoms with Crippen LogP contribution in [0.3, 0.4) is 0 Å². The Bertz CT molecular complexity index is 549. The first-order valence-corrected chi connectivity index (χ1v) is 10.2. The average molecular weight is 360 g/mol. The lowest BCUT2D eigenvalue weighted by Crippen LogP contribution is -2.49. The number of likely N-dealkylation sites (tertiary alicyclic amines) is 1. The number of anilines is 1. The fourth-order valence-corrected chi connectivity index (χ4v) is 3.68. The Morgan fingerprint density at radius 1 is 1.23 bits per heavy atom. The highest BCUT2D eigenvalue weighted by atomic mass is 15.2. The number of nitrogens with one attached hydrogen (secondary N) is 2. The number of aryl methyl sites for hydroxylation is 1. The molecule has 2 rings (SSSR count). The number of nitrogens with zero attached hydrogens (tertiary/aromatic N) is 3. The van der Waals surface area contributed by atoms with Crippen LogP contribution in [-0.4, -0.2) is 63.2 Å². The molecule has 1 aliphatic rings. The van der Waals surface area contributed by atoms with Crippen LogP contribution >= 0.6 is 0 Å². The minimum absolute atomic E-state index is 0.535. The van der Waals surface area contributed by atoms with Crippen LogP contribution in [0.25, 0.3) is 0 Å². The summed E-state index contributed by atoms with van der Waals surface area (Å²) in [5, 5.41) is 7.10. The number of rotatable bonds is 8. The first-order valence-electron chi connectivity index (χ1n) is 10.2. The summed E-state index contributed by atoms with van der Waals surface area (Å²) in [7, 11) is 1.86. The zero-order valence-electron chi connectivity index (χ0n) is 17.1. The Balaban J connectivity index is 1.76. The monoisotopic (exact) mass is 359 g/mol. The third kappa shape index (κ3) is 6.20. The zero-order chi connectivity index (χ0) is 18.8. The van der Waals surface area contributed by atoms with Crippen LogP contribution in [0.15, 0.2) is 29.3 Å². The summed E-state index contributed by atoms with van der Waals surface area (Å²) in [6, 6.07) is 9.13. The lowest BCUT2D eigenvalue weighted by molar-refractivity contribution is 0.206. The summed E-state index contributed by atoms with van der Waals surface area (Å²) in [5.41, 5.74) is 2.65. The average Bonchev–Trinajstić information content (AvgIpc) is 2.67. The van der Waals surface area contributed by atoms with Gasteiger partial charge in [-0.1, -0.05) is 25.1 Å². The third-order valence-electron chi connectivity index (χ3n) is 5.20. The Hall–Kier alpha value is -1.75.